The third-order valence-corrected chi connectivity index (χ3v) is 4.44. The molecule has 0 saturated heterocycles. The van der Waals surface area contributed by atoms with Crippen molar-refractivity contribution in [1.82, 2.24) is 24.6 Å². The number of nitrogens with zero attached hydrogens (tertiary/aromatic N) is 5. The fourth-order valence-electron chi connectivity index (χ4n) is 2.84. The van der Waals surface area contributed by atoms with Crippen molar-refractivity contribution >= 4 is 23.2 Å². The van der Waals surface area contributed by atoms with Gasteiger partial charge < -0.3 is 9.09 Å². The largest absolute Gasteiger partial charge is 0.338 e. The van der Waals surface area contributed by atoms with Crippen molar-refractivity contribution in [3.8, 4) is 17.2 Å². The number of imidazole rings is 1. The minimum absolute atomic E-state index is 0.182. The molecule has 118 valence electrons. The molecule has 1 aliphatic rings. The zero-order valence-corrected chi connectivity index (χ0v) is 13.8. The number of fused-ring (bicyclic) bond motifs is 3. The average molecular weight is 350 g/mol. The van der Waals surface area contributed by atoms with Crippen LogP contribution in [0.4, 0.5) is 0 Å². The highest BCUT2D eigenvalue weighted by Gasteiger charge is 2.25. The van der Waals surface area contributed by atoms with Gasteiger partial charge in [0.15, 0.2) is 0 Å². The molecule has 6 nitrogen and oxygen atoms in total. The fraction of sp³-hybridized carbons (Fsp3) is 0.267. The van der Waals surface area contributed by atoms with Gasteiger partial charge in [-0.15, -0.1) is 11.6 Å². The summed E-state index contributed by atoms with van der Waals surface area (Å²) in [6.07, 6.45) is 1.77. The predicted octanol–water partition coefficient (Wildman–Crippen LogP) is 3.26. The lowest BCUT2D eigenvalue weighted by atomic mass is 10.1. The summed E-state index contributed by atoms with van der Waals surface area (Å²) < 4.78 is 7.14. The Morgan fingerprint density at radius 3 is 2.96 bits per heavy atom. The van der Waals surface area contributed by atoms with Crippen molar-refractivity contribution in [3.63, 3.8) is 0 Å². The minimum atomic E-state index is 0.182. The number of hydrogen-bond acceptors (Lipinski definition) is 5. The Bertz CT molecular complexity index is 873. The third kappa shape index (κ3) is 2.43. The van der Waals surface area contributed by atoms with Crippen LogP contribution >= 0.6 is 23.2 Å². The normalized spacial score (nSPS) is 14.4. The van der Waals surface area contributed by atoms with Gasteiger partial charge in [-0.25, -0.2) is 4.98 Å². The molecule has 0 unspecified atom stereocenters. The Morgan fingerprint density at radius 1 is 1.30 bits per heavy atom. The van der Waals surface area contributed by atoms with Crippen LogP contribution in [0.15, 0.2) is 29.0 Å². The lowest BCUT2D eigenvalue weighted by Gasteiger charge is -2.14. The summed E-state index contributed by atoms with van der Waals surface area (Å²) >= 11 is 12.1. The summed E-state index contributed by atoms with van der Waals surface area (Å²) in [5.41, 5.74) is 3.80. The maximum absolute atomic E-state index is 6.38. The summed E-state index contributed by atoms with van der Waals surface area (Å²) in [7, 11) is 2.04. The molecule has 0 fully saturated rings. The molecule has 0 saturated carbocycles. The van der Waals surface area contributed by atoms with E-state index in [0.29, 0.717) is 24.0 Å². The van der Waals surface area contributed by atoms with Crippen LogP contribution in [0.1, 0.15) is 17.1 Å². The zero-order valence-electron chi connectivity index (χ0n) is 12.3. The second-order valence-corrected chi connectivity index (χ2v) is 6.14. The second kappa shape index (κ2) is 5.63. The first-order valence-corrected chi connectivity index (χ1v) is 8.00. The third-order valence-electron chi connectivity index (χ3n) is 3.86. The number of benzene rings is 1. The van der Waals surface area contributed by atoms with Crippen molar-refractivity contribution in [1.29, 1.82) is 0 Å². The number of aromatic nitrogens is 4. The first-order valence-electron chi connectivity index (χ1n) is 7.09. The van der Waals surface area contributed by atoms with Crippen molar-refractivity contribution in [2.24, 2.45) is 0 Å². The minimum Gasteiger partial charge on any atom is -0.338 e. The van der Waals surface area contributed by atoms with E-state index in [1.807, 2.05) is 29.8 Å². The second-order valence-electron chi connectivity index (χ2n) is 5.47. The Hall–Kier alpha value is -1.89. The monoisotopic (exact) mass is 349 g/mol. The predicted molar refractivity (Wildman–Crippen MR) is 86.6 cm³/mol. The fourth-order valence-corrected chi connectivity index (χ4v) is 3.17. The van der Waals surface area contributed by atoms with E-state index in [9.17, 15) is 0 Å². The van der Waals surface area contributed by atoms with E-state index in [1.165, 1.54) is 0 Å². The standard InChI is InChI=1S/C15H13Cl2N5O/c1-21-6-9-10(17)3-2-4-11(9)22-8-18-14(12(22)7-21)15-19-13(5-16)23-20-15/h2-4,8H,5-7H2,1H3. The van der Waals surface area contributed by atoms with Crippen LogP contribution in [0.5, 0.6) is 0 Å². The summed E-state index contributed by atoms with van der Waals surface area (Å²) in [6, 6.07) is 5.88. The highest BCUT2D eigenvalue weighted by molar-refractivity contribution is 6.31. The van der Waals surface area contributed by atoms with Gasteiger partial charge >= 0.3 is 0 Å². The number of alkyl halides is 1. The van der Waals surface area contributed by atoms with Gasteiger partial charge in [-0.1, -0.05) is 22.8 Å². The van der Waals surface area contributed by atoms with Gasteiger partial charge in [0, 0.05) is 23.7 Å². The summed E-state index contributed by atoms with van der Waals surface area (Å²) in [5, 5.41) is 4.73. The SMILES string of the molecule is CN1Cc2c(Cl)cccc2-n2cnc(-c3noc(CCl)n3)c2C1. The van der Waals surface area contributed by atoms with Gasteiger partial charge in [0.1, 0.15) is 17.9 Å². The quantitative estimate of drug-likeness (QED) is 0.664. The van der Waals surface area contributed by atoms with E-state index >= 15 is 0 Å². The highest BCUT2D eigenvalue weighted by Crippen LogP contribution is 2.32. The molecule has 0 amide bonds. The first-order chi connectivity index (χ1) is 11.2. The molecule has 0 bridgehead atoms. The average Bonchev–Trinajstić information content (AvgIpc) is 3.13. The maximum atomic E-state index is 6.38. The lowest BCUT2D eigenvalue weighted by Crippen LogP contribution is -2.16. The molecule has 3 aromatic rings. The number of hydrogen-bond donors (Lipinski definition) is 0. The first kappa shape index (κ1) is 14.7. The van der Waals surface area contributed by atoms with E-state index in [1.54, 1.807) is 6.33 Å². The van der Waals surface area contributed by atoms with Crippen molar-refractivity contribution in [3.05, 3.63) is 46.7 Å². The van der Waals surface area contributed by atoms with Gasteiger partial charge in [-0.2, -0.15) is 4.98 Å². The Kier molecular flexibility index (Phi) is 3.60. The van der Waals surface area contributed by atoms with E-state index < -0.39 is 0 Å². The Balaban J connectivity index is 1.90. The van der Waals surface area contributed by atoms with Crippen LogP contribution in [0.3, 0.4) is 0 Å². The molecule has 0 radical (unpaired) electrons. The summed E-state index contributed by atoms with van der Waals surface area (Å²) in [5.74, 6) is 1.02. The van der Waals surface area contributed by atoms with E-state index in [0.717, 1.165) is 28.5 Å². The van der Waals surface area contributed by atoms with Gasteiger partial charge in [-0.3, -0.25) is 4.90 Å². The van der Waals surface area contributed by atoms with Gasteiger partial charge in [0.2, 0.25) is 11.7 Å². The van der Waals surface area contributed by atoms with Gasteiger partial charge in [0.05, 0.1) is 11.4 Å². The van der Waals surface area contributed by atoms with Crippen LogP contribution < -0.4 is 0 Å². The molecule has 0 spiro atoms. The molecular weight excluding hydrogens is 337 g/mol. The molecule has 0 aliphatic carbocycles. The highest BCUT2D eigenvalue weighted by atomic mass is 35.5. The Morgan fingerprint density at radius 2 is 2.17 bits per heavy atom. The zero-order chi connectivity index (χ0) is 16.0. The molecule has 1 aliphatic heterocycles. The van der Waals surface area contributed by atoms with Crippen molar-refractivity contribution in [2.45, 2.75) is 19.0 Å². The molecule has 23 heavy (non-hydrogen) atoms. The van der Waals surface area contributed by atoms with Crippen molar-refractivity contribution in [2.75, 3.05) is 7.05 Å². The van der Waals surface area contributed by atoms with Crippen LogP contribution in [0.25, 0.3) is 17.2 Å². The molecule has 2 aromatic heterocycles. The topological polar surface area (TPSA) is 60.0 Å². The lowest BCUT2D eigenvalue weighted by molar-refractivity contribution is 0.320. The molecule has 1 aromatic carbocycles. The number of rotatable bonds is 2. The van der Waals surface area contributed by atoms with Gasteiger partial charge in [-0.05, 0) is 19.2 Å². The van der Waals surface area contributed by atoms with Crippen LogP contribution in [-0.2, 0) is 19.0 Å². The molecule has 8 heteroatoms. The van der Waals surface area contributed by atoms with Crippen molar-refractivity contribution < 1.29 is 4.52 Å². The molecule has 4 rings (SSSR count). The summed E-state index contributed by atoms with van der Waals surface area (Å²) in [4.78, 5) is 10.9. The van der Waals surface area contributed by atoms with E-state index in [4.69, 9.17) is 27.7 Å². The van der Waals surface area contributed by atoms with Crippen LogP contribution in [0, 0.1) is 0 Å². The maximum Gasteiger partial charge on any atom is 0.241 e. The summed E-state index contributed by atoms with van der Waals surface area (Å²) in [6.45, 7) is 1.46. The smallest absolute Gasteiger partial charge is 0.241 e. The van der Waals surface area contributed by atoms with Gasteiger partial charge in [0.25, 0.3) is 0 Å². The number of halogens is 2. The Labute approximate surface area is 142 Å². The molecular formula is C15H13Cl2N5O. The van der Waals surface area contributed by atoms with Crippen LogP contribution in [-0.4, -0.2) is 31.6 Å². The van der Waals surface area contributed by atoms with E-state index in [-0.39, 0.29) is 5.88 Å². The van der Waals surface area contributed by atoms with E-state index in [2.05, 4.69) is 20.0 Å². The van der Waals surface area contributed by atoms with Crippen LogP contribution in [0.2, 0.25) is 5.02 Å². The molecule has 3 heterocycles. The molecule has 0 N–H and O–H groups in total. The molecule has 0 atom stereocenters.